The first-order valence-electron chi connectivity index (χ1n) is 7.75. The van der Waals surface area contributed by atoms with Crippen LogP contribution in [0.5, 0.6) is 11.5 Å². The summed E-state index contributed by atoms with van der Waals surface area (Å²) in [7, 11) is 3.85. The maximum atomic E-state index is 10.6. The SMILES string of the molecule is COC1=CC=C2C3N(C)C34CC2(c2c4ccc(O)c2O)C1C. The van der Waals surface area contributed by atoms with Crippen molar-refractivity contribution in [1.82, 2.24) is 4.90 Å². The summed E-state index contributed by atoms with van der Waals surface area (Å²) in [6.07, 6.45) is 5.19. The van der Waals surface area contributed by atoms with Crippen molar-refractivity contribution in [3.8, 4) is 11.5 Å². The van der Waals surface area contributed by atoms with Crippen molar-refractivity contribution in [3.05, 3.63) is 46.7 Å². The number of piperidine rings is 1. The Balaban J connectivity index is 1.86. The third kappa shape index (κ3) is 0.958. The van der Waals surface area contributed by atoms with Crippen LogP contribution in [0, 0.1) is 5.92 Å². The van der Waals surface area contributed by atoms with Crippen LogP contribution in [0.2, 0.25) is 0 Å². The van der Waals surface area contributed by atoms with Crippen molar-refractivity contribution in [2.24, 2.45) is 5.92 Å². The molecule has 5 rings (SSSR count). The van der Waals surface area contributed by atoms with E-state index in [1.807, 2.05) is 6.07 Å². The fraction of sp³-hybridized carbons (Fsp3) is 0.444. The van der Waals surface area contributed by atoms with Crippen molar-refractivity contribution in [1.29, 1.82) is 0 Å². The molecule has 2 spiro atoms. The number of allylic oxidation sites excluding steroid dienone is 3. The normalized spacial score (nSPS) is 43.0. The van der Waals surface area contributed by atoms with Crippen molar-refractivity contribution >= 4 is 0 Å². The van der Waals surface area contributed by atoms with E-state index in [0.29, 0.717) is 6.04 Å². The lowest BCUT2D eigenvalue weighted by Crippen LogP contribution is -2.38. The largest absolute Gasteiger partial charge is 0.504 e. The second-order valence-electron chi connectivity index (χ2n) is 7.06. The minimum Gasteiger partial charge on any atom is -0.504 e. The maximum Gasteiger partial charge on any atom is 0.161 e. The van der Waals surface area contributed by atoms with E-state index in [1.54, 1.807) is 13.2 Å². The molecule has 2 N–H and O–H groups in total. The lowest BCUT2D eigenvalue weighted by molar-refractivity contribution is 0.193. The first kappa shape index (κ1) is 12.6. The number of methoxy groups -OCH3 is 1. The van der Waals surface area contributed by atoms with Gasteiger partial charge in [0.15, 0.2) is 11.5 Å². The van der Waals surface area contributed by atoms with Gasteiger partial charge in [-0.3, -0.25) is 4.90 Å². The summed E-state index contributed by atoms with van der Waals surface area (Å²) in [6, 6.07) is 4.03. The maximum absolute atomic E-state index is 10.6. The zero-order chi connectivity index (χ0) is 15.4. The molecule has 3 aliphatic carbocycles. The zero-order valence-electron chi connectivity index (χ0n) is 12.9. The molecule has 0 amide bonds. The first-order chi connectivity index (χ1) is 10.5. The number of likely N-dealkylation sites (tertiary alicyclic amines) is 1. The Bertz CT molecular complexity index is 796. The molecular weight excluding hydrogens is 278 g/mol. The van der Waals surface area contributed by atoms with Gasteiger partial charge in [0.25, 0.3) is 0 Å². The van der Waals surface area contributed by atoms with E-state index in [0.717, 1.165) is 17.7 Å². The molecule has 114 valence electrons. The van der Waals surface area contributed by atoms with E-state index in [2.05, 4.69) is 31.0 Å². The van der Waals surface area contributed by atoms with Gasteiger partial charge in [0.2, 0.25) is 0 Å². The summed E-state index contributed by atoms with van der Waals surface area (Å²) in [4.78, 5) is 2.39. The Morgan fingerprint density at radius 2 is 2.05 bits per heavy atom. The monoisotopic (exact) mass is 297 g/mol. The van der Waals surface area contributed by atoms with Crippen molar-refractivity contribution in [2.45, 2.75) is 30.3 Å². The highest BCUT2D eigenvalue weighted by Gasteiger charge is 2.80. The lowest BCUT2D eigenvalue weighted by Gasteiger charge is -2.41. The molecule has 4 nitrogen and oxygen atoms in total. The van der Waals surface area contributed by atoms with Gasteiger partial charge in [-0.25, -0.2) is 0 Å². The molecule has 4 heteroatoms. The highest BCUT2D eigenvalue weighted by atomic mass is 16.5. The number of likely N-dealkylation sites (N-methyl/N-ethyl adjacent to an activating group) is 1. The molecule has 1 saturated carbocycles. The second-order valence-corrected chi connectivity index (χ2v) is 7.06. The molecule has 1 aliphatic heterocycles. The number of aromatic hydroxyl groups is 2. The number of hydrogen-bond acceptors (Lipinski definition) is 4. The van der Waals surface area contributed by atoms with Crippen LogP contribution < -0.4 is 0 Å². The Labute approximate surface area is 129 Å². The topological polar surface area (TPSA) is 52.7 Å². The summed E-state index contributed by atoms with van der Waals surface area (Å²) in [6.45, 7) is 2.17. The average molecular weight is 297 g/mol. The van der Waals surface area contributed by atoms with Gasteiger partial charge in [0.05, 0.1) is 24.4 Å². The molecule has 1 saturated heterocycles. The van der Waals surface area contributed by atoms with Crippen molar-refractivity contribution in [3.63, 3.8) is 0 Å². The number of rotatable bonds is 1. The number of phenols is 2. The van der Waals surface area contributed by atoms with Crippen LogP contribution in [0.3, 0.4) is 0 Å². The summed E-state index contributed by atoms with van der Waals surface area (Å²) >= 11 is 0. The Kier molecular flexibility index (Phi) is 1.92. The van der Waals surface area contributed by atoms with E-state index in [9.17, 15) is 10.2 Å². The number of benzene rings is 1. The van der Waals surface area contributed by atoms with Crippen molar-refractivity contribution < 1.29 is 14.9 Å². The van der Waals surface area contributed by atoms with Gasteiger partial charge in [0.1, 0.15) is 0 Å². The average Bonchev–Trinajstić information content (AvgIpc) is 2.85. The number of fused-ring (bicyclic) bond motifs is 2. The number of ether oxygens (including phenoxy) is 1. The predicted molar refractivity (Wildman–Crippen MR) is 81.6 cm³/mol. The number of phenolic OH excluding ortho intramolecular Hbond substituents is 2. The van der Waals surface area contributed by atoms with E-state index in [-0.39, 0.29) is 28.4 Å². The van der Waals surface area contributed by atoms with Gasteiger partial charge in [-0.1, -0.05) is 19.1 Å². The van der Waals surface area contributed by atoms with Crippen LogP contribution in [0.15, 0.2) is 35.6 Å². The molecule has 1 aromatic carbocycles. The molecule has 5 atom stereocenters. The highest BCUT2D eigenvalue weighted by molar-refractivity contribution is 5.73. The van der Waals surface area contributed by atoms with Crippen LogP contribution >= 0.6 is 0 Å². The molecule has 22 heavy (non-hydrogen) atoms. The van der Waals surface area contributed by atoms with Gasteiger partial charge in [-0.2, -0.15) is 0 Å². The minimum atomic E-state index is -0.241. The molecule has 1 aromatic rings. The second kappa shape index (κ2) is 3.35. The highest BCUT2D eigenvalue weighted by Crippen LogP contribution is 2.78. The fourth-order valence-electron chi connectivity index (χ4n) is 5.65. The van der Waals surface area contributed by atoms with Crippen LogP contribution in [-0.2, 0) is 15.7 Å². The molecule has 5 unspecified atom stereocenters. The summed E-state index contributed by atoms with van der Waals surface area (Å²) < 4.78 is 5.58. The molecule has 4 aliphatic rings. The summed E-state index contributed by atoms with van der Waals surface area (Å²) in [5.41, 5.74) is 3.20. The summed E-state index contributed by atoms with van der Waals surface area (Å²) in [5.74, 6) is 1.11. The van der Waals surface area contributed by atoms with Gasteiger partial charge in [-0.15, -0.1) is 0 Å². The third-order valence-electron chi connectivity index (χ3n) is 6.66. The van der Waals surface area contributed by atoms with Crippen molar-refractivity contribution in [2.75, 3.05) is 14.2 Å². The van der Waals surface area contributed by atoms with Crippen LogP contribution in [0.25, 0.3) is 0 Å². The van der Waals surface area contributed by atoms with Gasteiger partial charge < -0.3 is 14.9 Å². The zero-order valence-corrected chi connectivity index (χ0v) is 12.9. The molecular formula is C18H19NO3. The van der Waals surface area contributed by atoms with Gasteiger partial charge >= 0.3 is 0 Å². The molecule has 1 heterocycles. The van der Waals surface area contributed by atoms with Gasteiger partial charge in [0, 0.05) is 16.9 Å². The fourth-order valence-corrected chi connectivity index (χ4v) is 5.65. The summed E-state index contributed by atoms with van der Waals surface area (Å²) in [5, 5.41) is 20.7. The predicted octanol–water partition coefficient (Wildman–Crippen LogP) is 2.37. The van der Waals surface area contributed by atoms with E-state index < -0.39 is 0 Å². The minimum absolute atomic E-state index is 0.00234. The lowest BCUT2D eigenvalue weighted by atomic mass is 9.64. The molecule has 2 bridgehead atoms. The Hall–Kier alpha value is -1.94. The quantitative estimate of drug-likeness (QED) is 0.617. The third-order valence-corrected chi connectivity index (χ3v) is 6.66. The smallest absolute Gasteiger partial charge is 0.161 e. The van der Waals surface area contributed by atoms with E-state index in [1.165, 1.54) is 11.1 Å². The Morgan fingerprint density at radius 1 is 1.27 bits per heavy atom. The standard InChI is InChI=1S/C18H19NO3/c1-9-13(22-3)7-5-11-16-18(19(16)2)8-17(9,11)14-10(18)4-6-12(20)15(14)21/h4-7,9,16,20-21H,8H2,1-3H3. The first-order valence-corrected chi connectivity index (χ1v) is 7.75. The van der Waals surface area contributed by atoms with Crippen LogP contribution in [0.4, 0.5) is 0 Å². The van der Waals surface area contributed by atoms with E-state index in [4.69, 9.17) is 4.74 Å². The number of hydrogen-bond donors (Lipinski definition) is 2. The van der Waals surface area contributed by atoms with Crippen LogP contribution in [-0.4, -0.2) is 35.3 Å². The molecule has 0 aromatic heterocycles. The molecule has 0 radical (unpaired) electrons. The van der Waals surface area contributed by atoms with Crippen LogP contribution in [0.1, 0.15) is 24.5 Å². The molecule has 2 fully saturated rings. The van der Waals surface area contributed by atoms with E-state index >= 15 is 0 Å². The number of nitrogens with zero attached hydrogens (tertiary/aromatic N) is 1. The van der Waals surface area contributed by atoms with Gasteiger partial charge in [-0.05, 0) is 36.7 Å². The Morgan fingerprint density at radius 3 is 2.77 bits per heavy atom.